The maximum absolute atomic E-state index is 10.9. The Hall–Kier alpha value is -0.610. The Balaban J connectivity index is 2.46. The van der Waals surface area contributed by atoms with E-state index in [0.717, 1.165) is 19.4 Å². The lowest BCUT2D eigenvalue weighted by Gasteiger charge is -2.32. The molecule has 2 atom stereocenters. The number of carbonyl (C=O) groups is 1. The minimum atomic E-state index is -0.235. The first kappa shape index (κ1) is 9.48. The Morgan fingerprint density at radius 3 is 2.75 bits per heavy atom. The van der Waals surface area contributed by atoms with Crippen LogP contribution in [0.4, 0.5) is 0 Å². The molecule has 1 rings (SSSR count). The summed E-state index contributed by atoms with van der Waals surface area (Å²) in [7, 11) is 4.07. The molecule has 1 heterocycles. The highest BCUT2D eigenvalue weighted by molar-refractivity contribution is 5.80. The molecule has 2 unspecified atom stereocenters. The molecule has 0 radical (unpaired) electrons. The third kappa shape index (κ3) is 2.19. The molecule has 1 aliphatic heterocycles. The molecular weight excluding hydrogens is 154 g/mol. The zero-order valence-electron chi connectivity index (χ0n) is 7.71. The molecule has 0 spiro atoms. The monoisotopic (exact) mass is 171 g/mol. The van der Waals surface area contributed by atoms with E-state index in [-0.39, 0.29) is 11.9 Å². The Morgan fingerprint density at radius 2 is 2.25 bits per heavy atom. The van der Waals surface area contributed by atoms with E-state index in [1.54, 1.807) is 0 Å². The SMILES string of the molecule is CN(C)C1CCNC(C(N)=O)C1. The van der Waals surface area contributed by atoms with Crippen molar-refractivity contribution in [3.63, 3.8) is 0 Å². The average Bonchev–Trinajstić information content (AvgIpc) is 2.04. The second kappa shape index (κ2) is 3.87. The molecule has 0 aliphatic carbocycles. The Morgan fingerprint density at radius 1 is 1.58 bits per heavy atom. The number of nitrogens with one attached hydrogen (secondary N) is 1. The van der Waals surface area contributed by atoms with Crippen molar-refractivity contribution in [2.24, 2.45) is 5.73 Å². The minimum Gasteiger partial charge on any atom is -0.368 e. The fourth-order valence-electron chi connectivity index (χ4n) is 1.58. The van der Waals surface area contributed by atoms with E-state index in [0.29, 0.717) is 6.04 Å². The van der Waals surface area contributed by atoms with Gasteiger partial charge in [0.1, 0.15) is 0 Å². The van der Waals surface area contributed by atoms with Crippen LogP contribution in [0.25, 0.3) is 0 Å². The van der Waals surface area contributed by atoms with E-state index < -0.39 is 0 Å². The van der Waals surface area contributed by atoms with Crippen LogP contribution < -0.4 is 11.1 Å². The van der Waals surface area contributed by atoms with Crippen molar-refractivity contribution < 1.29 is 4.79 Å². The first-order valence-electron chi connectivity index (χ1n) is 4.30. The number of hydrogen-bond donors (Lipinski definition) is 2. The summed E-state index contributed by atoms with van der Waals surface area (Å²) in [6.07, 6.45) is 1.93. The summed E-state index contributed by atoms with van der Waals surface area (Å²) in [6, 6.07) is 0.356. The zero-order valence-corrected chi connectivity index (χ0v) is 7.71. The van der Waals surface area contributed by atoms with Crippen molar-refractivity contribution in [2.75, 3.05) is 20.6 Å². The number of amides is 1. The largest absolute Gasteiger partial charge is 0.368 e. The number of carbonyl (C=O) groups excluding carboxylic acids is 1. The van der Waals surface area contributed by atoms with Crippen LogP contribution in [0.3, 0.4) is 0 Å². The molecule has 0 bridgehead atoms. The molecule has 0 aromatic rings. The van der Waals surface area contributed by atoms with Gasteiger partial charge in [0.2, 0.25) is 5.91 Å². The second-order valence-electron chi connectivity index (χ2n) is 3.55. The maximum Gasteiger partial charge on any atom is 0.234 e. The third-order valence-corrected chi connectivity index (χ3v) is 2.45. The Kier molecular flexibility index (Phi) is 3.05. The van der Waals surface area contributed by atoms with Gasteiger partial charge in [-0.2, -0.15) is 0 Å². The van der Waals surface area contributed by atoms with Crippen LogP contribution >= 0.6 is 0 Å². The number of rotatable bonds is 2. The summed E-state index contributed by atoms with van der Waals surface area (Å²) < 4.78 is 0. The number of primary amides is 1. The zero-order chi connectivity index (χ0) is 9.14. The smallest absolute Gasteiger partial charge is 0.234 e. The first-order chi connectivity index (χ1) is 5.61. The van der Waals surface area contributed by atoms with Gasteiger partial charge in [0.05, 0.1) is 6.04 Å². The molecule has 4 heteroatoms. The van der Waals surface area contributed by atoms with Gasteiger partial charge in [-0.25, -0.2) is 0 Å². The number of nitrogens with zero attached hydrogens (tertiary/aromatic N) is 1. The molecule has 12 heavy (non-hydrogen) atoms. The van der Waals surface area contributed by atoms with Crippen molar-refractivity contribution in [2.45, 2.75) is 24.9 Å². The molecule has 0 aromatic carbocycles. The molecule has 1 fully saturated rings. The van der Waals surface area contributed by atoms with E-state index in [1.165, 1.54) is 0 Å². The minimum absolute atomic E-state index is 0.133. The molecule has 1 aliphatic rings. The van der Waals surface area contributed by atoms with Gasteiger partial charge in [-0.05, 0) is 33.5 Å². The highest BCUT2D eigenvalue weighted by atomic mass is 16.1. The fourth-order valence-corrected chi connectivity index (χ4v) is 1.58. The summed E-state index contributed by atoms with van der Waals surface area (Å²) >= 11 is 0. The highest BCUT2D eigenvalue weighted by Crippen LogP contribution is 2.12. The van der Waals surface area contributed by atoms with Crippen molar-refractivity contribution in [3.8, 4) is 0 Å². The Bertz CT molecular complexity index is 170. The van der Waals surface area contributed by atoms with Crippen LogP contribution in [0.1, 0.15) is 12.8 Å². The highest BCUT2D eigenvalue weighted by Gasteiger charge is 2.25. The third-order valence-electron chi connectivity index (χ3n) is 2.45. The van der Waals surface area contributed by atoms with Gasteiger partial charge >= 0.3 is 0 Å². The van der Waals surface area contributed by atoms with Crippen LogP contribution in [0.15, 0.2) is 0 Å². The lowest BCUT2D eigenvalue weighted by atomic mass is 9.98. The van der Waals surface area contributed by atoms with E-state index >= 15 is 0 Å². The van der Waals surface area contributed by atoms with Crippen molar-refractivity contribution in [3.05, 3.63) is 0 Å². The molecule has 70 valence electrons. The van der Waals surface area contributed by atoms with Crippen LogP contribution in [0.2, 0.25) is 0 Å². The average molecular weight is 171 g/mol. The summed E-state index contributed by atoms with van der Waals surface area (Å²) in [4.78, 5) is 13.0. The van der Waals surface area contributed by atoms with Crippen LogP contribution in [-0.4, -0.2) is 43.5 Å². The number of hydrogen-bond acceptors (Lipinski definition) is 3. The maximum atomic E-state index is 10.9. The first-order valence-corrected chi connectivity index (χ1v) is 4.30. The van der Waals surface area contributed by atoms with Gasteiger partial charge < -0.3 is 16.0 Å². The van der Waals surface area contributed by atoms with Crippen LogP contribution in [0, 0.1) is 0 Å². The quantitative estimate of drug-likeness (QED) is 0.569. The van der Waals surface area contributed by atoms with Crippen molar-refractivity contribution in [1.29, 1.82) is 0 Å². The Labute approximate surface area is 73.1 Å². The predicted octanol–water partition coefficient (Wildman–Crippen LogP) is -0.846. The standard InChI is InChI=1S/C8H17N3O/c1-11(2)6-3-4-10-7(5-6)8(9)12/h6-7,10H,3-5H2,1-2H3,(H2,9,12). The van der Waals surface area contributed by atoms with Crippen molar-refractivity contribution in [1.82, 2.24) is 10.2 Å². The van der Waals surface area contributed by atoms with Gasteiger partial charge in [-0.1, -0.05) is 0 Å². The van der Waals surface area contributed by atoms with Crippen LogP contribution in [-0.2, 0) is 4.79 Å². The summed E-state index contributed by atoms with van der Waals surface area (Å²) in [6.45, 7) is 0.885. The lowest BCUT2D eigenvalue weighted by molar-refractivity contribution is -0.120. The molecule has 0 aromatic heterocycles. The topological polar surface area (TPSA) is 58.4 Å². The molecule has 0 saturated carbocycles. The normalized spacial score (nSPS) is 30.6. The lowest BCUT2D eigenvalue weighted by Crippen LogP contribution is -2.51. The van der Waals surface area contributed by atoms with E-state index in [1.807, 2.05) is 14.1 Å². The van der Waals surface area contributed by atoms with Gasteiger partial charge in [-0.3, -0.25) is 4.79 Å². The van der Waals surface area contributed by atoms with Gasteiger partial charge in [-0.15, -0.1) is 0 Å². The molecule has 1 saturated heterocycles. The van der Waals surface area contributed by atoms with E-state index in [9.17, 15) is 4.79 Å². The van der Waals surface area contributed by atoms with Gasteiger partial charge in [0, 0.05) is 6.04 Å². The van der Waals surface area contributed by atoms with E-state index in [2.05, 4.69) is 10.2 Å². The molecule has 4 nitrogen and oxygen atoms in total. The van der Waals surface area contributed by atoms with Gasteiger partial charge in [0.25, 0.3) is 0 Å². The number of piperidine rings is 1. The number of nitrogens with two attached hydrogens (primary N) is 1. The van der Waals surface area contributed by atoms with Crippen LogP contribution in [0.5, 0.6) is 0 Å². The van der Waals surface area contributed by atoms with Crippen molar-refractivity contribution >= 4 is 5.91 Å². The predicted molar refractivity (Wildman–Crippen MR) is 47.7 cm³/mol. The fraction of sp³-hybridized carbons (Fsp3) is 0.875. The summed E-state index contributed by atoms with van der Waals surface area (Å²) in [5.74, 6) is -0.235. The molecule has 1 amide bonds. The van der Waals surface area contributed by atoms with E-state index in [4.69, 9.17) is 5.73 Å². The molecule has 3 N–H and O–H groups in total. The molecular formula is C8H17N3O. The summed E-state index contributed by atoms with van der Waals surface area (Å²) in [5.41, 5.74) is 5.21. The summed E-state index contributed by atoms with van der Waals surface area (Å²) in [5, 5.41) is 3.10. The second-order valence-corrected chi connectivity index (χ2v) is 3.55. The van der Waals surface area contributed by atoms with Gasteiger partial charge in [0.15, 0.2) is 0 Å².